The van der Waals surface area contributed by atoms with Crippen molar-refractivity contribution in [3.05, 3.63) is 17.5 Å². The van der Waals surface area contributed by atoms with E-state index in [-0.39, 0.29) is 11.8 Å². The van der Waals surface area contributed by atoms with E-state index in [1.165, 1.54) is 0 Å². The predicted octanol–water partition coefficient (Wildman–Crippen LogP) is 1.84. The summed E-state index contributed by atoms with van der Waals surface area (Å²) >= 11 is 0. The summed E-state index contributed by atoms with van der Waals surface area (Å²) in [6, 6.07) is -1.12. The number of hydrogen-bond donors (Lipinski definition) is 2. The molecule has 1 heterocycles. The summed E-state index contributed by atoms with van der Waals surface area (Å²) < 4.78 is 24.6. The molecule has 1 atom stereocenters. The highest BCUT2D eigenvalue weighted by Gasteiger charge is 2.23. The first-order valence-electron chi connectivity index (χ1n) is 4.89. The largest absolute Gasteiger partial charge is 0.323 e. The van der Waals surface area contributed by atoms with E-state index >= 15 is 0 Å². The normalized spacial score (nSPS) is 14.6. The van der Waals surface area contributed by atoms with Gasteiger partial charge in [-0.15, -0.1) is 0 Å². The van der Waals surface area contributed by atoms with Gasteiger partial charge in [0.05, 0.1) is 12.2 Å². The summed E-state index contributed by atoms with van der Waals surface area (Å²) in [6.45, 7) is 5.99. The van der Waals surface area contributed by atoms with Crippen molar-refractivity contribution in [3.63, 3.8) is 0 Å². The molecule has 0 spiro atoms. The lowest BCUT2D eigenvalue weighted by atomic mass is 9.88. The van der Waals surface area contributed by atoms with Crippen LogP contribution in [0.15, 0.2) is 6.20 Å². The summed E-state index contributed by atoms with van der Waals surface area (Å²) in [6.07, 6.45) is -0.767. The molecule has 0 fully saturated rings. The summed E-state index contributed by atoms with van der Waals surface area (Å²) in [5.74, 6) is 0. The molecule has 5 heteroatoms. The highest BCUT2D eigenvalue weighted by molar-refractivity contribution is 5.24. The van der Waals surface area contributed by atoms with E-state index in [2.05, 4.69) is 10.2 Å². The molecule has 0 saturated heterocycles. The monoisotopic (exact) mass is 217 g/mol. The first-order valence-corrected chi connectivity index (χ1v) is 4.89. The zero-order chi connectivity index (χ0) is 11.6. The van der Waals surface area contributed by atoms with Crippen LogP contribution >= 0.6 is 0 Å². The second-order valence-corrected chi connectivity index (χ2v) is 4.72. The quantitative estimate of drug-likeness (QED) is 0.811. The molecule has 0 aromatic carbocycles. The lowest BCUT2D eigenvalue weighted by Gasteiger charge is -2.19. The average molecular weight is 217 g/mol. The zero-order valence-electron chi connectivity index (χ0n) is 9.22. The van der Waals surface area contributed by atoms with E-state index in [1.807, 2.05) is 20.8 Å². The number of H-pyrrole nitrogens is 1. The zero-order valence-corrected chi connectivity index (χ0v) is 9.22. The maximum Gasteiger partial charge on any atom is 0.253 e. The van der Waals surface area contributed by atoms with Gasteiger partial charge >= 0.3 is 0 Å². The van der Waals surface area contributed by atoms with E-state index in [4.69, 9.17) is 5.73 Å². The Morgan fingerprint density at radius 3 is 2.53 bits per heavy atom. The molecule has 3 nitrogen and oxygen atoms in total. The fraction of sp³-hybridized carbons (Fsp3) is 0.700. The van der Waals surface area contributed by atoms with Crippen molar-refractivity contribution in [2.45, 2.75) is 45.1 Å². The number of nitrogens with two attached hydrogens (primary N) is 1. The SMILES string of the molecule is CC(C)(C)c1[nH]ncc1CC(N)C(F)F. The summed E-state index contributed by atoms with van der Waals surface area (Å²) in [5.41, 5.74) is 6.84. The molecule has 86 valence electrons. The van der Waals surface area contributed by atoms with E-state index in [0.29, 0.717) is 0 Å². The summed E-state index contributed by atoms with van der Waals surface area (Å²) in [4.78, 5) is 0. The second kappa shape index (κ2) is 4.26. The fourth-order valence-corrected chi connectivity index (χ4v) is 1.46. The third-order valence-corrected chi connectivity index (χ3v) is 2.25. The fourth-order valence-electron chi connectivity index (χ4n) is 1.46. The number of halogens is 2. The van der Waals surface area contributed by atoms with Crippen molar-refractivity contribution in [1.82, 2.24) is 10.2 Å². The van der Waals surface area contributed by atoms with Gasteiger partial charge in [0.15, 0.2) is 0 Å². The second-order valence-electron chi connectivity index (χ2n) is 4.72. The van der Waals surface area contributed by atoms with E-state index in [9.17, 15) is 8.78 Å². The Labute approximate surface area is 88.1 Å². The lowest BCUT2D eigenvalue weighted by Crippen LogP contribution is -2.31. The minimum Gasteiger partial charge on any atom is -0.323 e. The molecule has 0 saturated carbocycles. The number of hydrogen-bond acceptors (Lipinski definition) is 2. The van der Waals surface area contributed by atoms with Crippen LogP contribution in [0.25, 0.3) is 0 Å². The van der Waals surface area contributed by atoms with Gasteiger partial charge in [0.2, 0.25) is 0 Å². The molecule has 1 rings (SSSR count). The van der Waals surface area contributed by atoms with Gasteiger partial charge in [-0.3, -0.25) is 5.10 Å². The molecule has 0 aliphatic heterocycles. The minimum absolute atomic E-state index is 0.131. The molecular formula is C10H17F2N3. The number of aromatic nitrogens is 2. The van der Waals surface area contributed by atoms with Gasteiger partial charge in [-0.1, -0.05) is 20.8 Å². The van der Waals surface area contributed by atoms with Crippen LogP contribution in [-0.2, 0) is 11.8 Å². The Kier molecular flexibility index (Phi) is 3.44. The number of nitrogens with one attached hydrogen (secondary N) is 1. The van der Waals surface area contributed by atoms with Gasteiger partial charge in [-0.2, -0.15) is 5.10 Å². The Bertz CT molecular complexity index is 315. The average Bonchev–Trinajstić information content (AvgIpc) is 2.50. The third-order valence-electron chi connectivity index (χ3n) is 2.25. The van der Waals surface area contributed by atoms with Gasteiger partial charge in [0.1, 0.15) is 0 Å². The van der Waals surface area contributed by atoms with Gasteiger partial charge < -0.3 is 5.73 Å². The maximum absolute atomic E-state index is 12.3. The van der Waals surface area contributed by atoms with Crippen LogP contribution in [0.2, 0.25) is 0 Å². The van der Waals surface area contributed by atoms with Crippen LogP contribution in [0.1, 0.15) is 32.0 Å². The van der Waals surface area contributed by atoms with Crippen LogP contribution in [0.3, 0.4) is 0 Å². The number of alkyl halides is 2. The Morgan fingerprint density at radius 1 is 1.47 bits per heavy atom. The molecular weight excluding hydrogens is 200 g/mol. The standard InChI is InChI=1S/C10H17F2N3/c1-10(2,3)8-6(5-14-15-8)4-7(13)9(11)12/h5,7,9H,4,13H2,1-3H3,(H,14,15). The number of rotatable bonds is 3. The van der Waals surface area contributed by atoms with Crippen molar-refractivity contribution in [2.75, 3.05) is 0 Å². The molecule has 0 radical (unpaired) electrons. The molecule has 15 heavy (non-hydrogen) atoms. The van der Waals surface area contributed by atoms with E-state index in [1.54, 1.807) is 6.20 Å². The van der Waals surface area contributed by atoms with Crippen molar-refractivity contribution in [2.24, 2.45) is 5.73 Å². The summed E-state index contributed by atoms with van der Waals surface area (Å²) in [7, 11) is 0. The van der Waals surface area contributed by atoms with Crippen LogP contribution in [0.4, 0.5) is 8.78 Å². The van der Waals surface area contributed by atoms with Crippen LogP contribution in [0, 0.1) is 0 Å². The minimum atomic E-state index is -2.49. The highest BCUT2D eigenvalue weighted by atomic mass is 19.3. The molecule has 0 amide bonds. The Hall–Kier alpha value is -0.970. The highest BCUT2D eigenvalue weighted by Crippen LogP contribution is 2.24. The molecule has 0 aliphatic rings. The molecule has 1 unspecified atom stereocenters. The number of nitrogens with zero attached hydrogens (tertiary/aromatic N) is 1. The first-order chi connectivity index (χ1) is 6.82. The molecule has 1 aromatic heterocycles. The molecule has 0 aliphatic carbocycles. The van der Waals surface area contributed by atoms with Crippen LogP contribution < -0.4 is 5.73 Å². The summed E-state index contributed by atoms with van der Waals surface area (Å²) in [5, 5.41) is 6.72. The molecule has 0 bridgehead atoms. The van der Waals surface area contributed by atoms with Gasteiger partial charge in [0, 0.05) is 11.1 Å². The van der Waals surface area contributed by atoms with Gasteiger partial charge in [0.25, 0.3) is 6.43 Å². The third kappa shape index (κ3) is 2.99. The number of aromatic amines is 1. The van der Waals surface area contributed by atoms with Gasteiger partial charge in [-0.05, 0) is 12.0 Å². The lowest BCUT2D eigenvalue weighted by molar-refractivity contribution is 0.116. The van der Waals surface area contributed by atoms with Crippen LogP contribution in [-0.4, -0.2) is 22.7 Å². The van der Waals surface area contributed by atoms with Crippen LogP contribution in [0.5, 0.6) is 0 Å². The predicted molar refractivity (Wildman–Crippen MR) is 55.0 cm³/mol. The maximum atomic E-state index is 12.3. The Balaban J connectivity index is 2.83. The van der Waals surface area contributed by atoms with Crippen molar-refractivity contribution in [3.8, 4) is 0 Å². The molecule has 3 N–H and O–H groups in total. The molecule has 1 aromatic rings. The first kappa shape index (κ1) is 12.1. The van der Waals surface area contributed by atoms with E-state index < -0.39 is 12.5 Å². The van der Waals surface area contributed by atoms with E-state index in [0.717, 1.165) is 11.3 Å². The van der Waals surface area contributed by atoms with Gasteiger partial charge in [-0.25, -0.2) is 8.78 Å². The van der Waals surface area contributed by atoms with Crippen molar-refractivity contribution < 1.29 is 8.78 Å². The smallest absolute Gasteiger partial charge is 0.253 e. The topological polar surface area (TPSA) is 54.7 Å². The van der Waals surface area contributed by atoms with Crippen molar-refractivity contribution in [1.29, 1.82) is 0 Å². The Morgan fingerprint density at radius 2 is 2.07 bits per heavy atom. The van der Waals surface area contributed by atoms with Crippen molar-refractivity contribution >= 4 is 0 Å².